The van der Waals surface area contributed by atoms with Crippen LogP contribution in [0.15, 0.2) is 60.8 Å². The molecule has 2 aliphatic heterocycles. The number of fused-ring (bicyclic) bond motifs is 1. The van der Waals surface area contributed by atoms with Crippen molar-refractivity contribution in [1.29, 1.82) is 0 Å². The van der Waals surface area contributed by atoms with Crippen LogP contribution in [0.25, 0.3) is 0 Å². The van der Waals surface area contributed by atoms with Gasteiger partial charge in [-0.15, -0.1) is 0 Å². The van der Waals surface area contributed by atoms with E-state index in [0.29, 0.717) is 0 Å². The first-order valence-electron chi connectivity index (χ1n) is 10.0. The molecule has 2 aromatic carbocycles. The summed E-state index contributed by atoms with van der Waals surface area (Å²) in [7, 11) is 0. The van der Waals surface area contributed by atoms with Gasteiger partial charge in [0, 0.05) is 50.3 Å². The predicted octanol–water partition coefficient (Wildman–Crippen LogP) is 3.81. The first-order chi connectivity index (χ1) is 13.8. The van der Waals surface area contributed by atoms with Crippen LogP contribution in [0.1, 0.15) is 11.1 Å². The zero-order valence-electron chi connectivity index (χ0n) is 16.3. The Morgan fingerprint density at radius 1 is 0.821 bits per heavy atom. The number of aryl methyl sites for hydroxylation is 1. The van der Waals surface area contributed by atoms with Gasteiger partial charge in [-0.25, -0.2) is 4.98 Å². The predicted molar refractivity (Wildman–Crippen MR) is 115 cm³/mol. The van der Waals surface area contributed by atoms with Crippen LogP contribution in [0.3, 0.4) is 0 Å². The van der Waals surface area contributed by atoms with E-state index in [0.717, 1.165) is 50.9 Å². The lowest BCUT2D eigenvalue weighted by Crippen LogP contribution is -2.47. The average Bonchev–Trinajstić information content (AvgIpc) is 3.18. The molecule has 0 spiro atoms. The van der Waals surface area contributed by atoms with E-state index >= 15 is 0 Å². The fourth-order valence-electron chi connectivity index (χ4n) is 4.21. The van der Waals surface area contributed by atoms with Crippen molar-refractivity contribution in [2.75, 3.05) is 47.4 Å². The Labute approximate surface area is 166 Å². The van der Waals surface area contributed by atoms with Gasteiger partial charge in [0.25, 0.3) is 0 Å². The lowest BCUT2D eigenvalue weighted by molar-refractivity contribution is 0.646. The summed E-state index contributed by atoms with van der Waals surface area (Å²) >= 11 is 0. The Balaban J connectivity index is 1.31. The Hall–Kier alpha value is -3.08. The molecule has 0 radical (unpaired) electrons. The summed E-state index contributed by atoms with van der Waals surface area (Å²) in [6.45, 7) is 7.06. The van der Waals surface area contributed by atoms with Gasteiger partial charge in [-0.05, 0) is 48.7 Å². The first-order valence-corrected chi connectivity index (χ1v) is 10.0. The summed E-state index contributed by atoms with van der Waals surface area (Å²) in [5.41, 5.74) is 5.25. The maximum Gasteiger partial charge on any atom is 0.231 e. The summed E-state index contributed by atoms with van der Waals surface area (Å²) in [5.74, 6) is 1.84. The minimum atomic E-state index is 0.809. The van der Waals surface area contributed by atoms with E-state index in [1.165, 1.54) is 22.5 Å². The molecule has 2 aliphatic rings. The second kappa shape index (κ2) is 7.15. The second-order valence-electron chi connectivity index (χ2n) is 7.56. The number of nitrogens with zero attached hydrogens (tertiary/aromatic N) is 5. The fraction of sp³-hybridized carbons (Fsp3) is 0.304. The first kappa shape index (κ1) is 17.0. The van der Waals surface area contributed by atoms with Gasteiger partial charge in [-0.1, -0.05) is 30.3 Å². The van der Waals surface area contributed by atoms with Crippen LogP contribution in [-0.4, -0.2) is 42.7 Å². The molecular formula is C23H25N5. The highest BCUT2D eigenvalue weighted by atomic mass is 15.3. The SMILES string of the molecule is Cc1cccc(N2CCN(c3ccnc(N4CCc5ccccc54)n3)CC2)c1. The van der Waals surface area contributed by atoms with Crippen molar-refractivity contribution in [1.82, 2.24) is 9.97 Å². The van der Waals surface area contributed by atoms with Crippen LogP contribution in [0.2, 0.25) is 0 Å². The number of hydrogen-bond donors (Lipinski definition) is 0. The molecule has 0 aliphatic carbocycles. The maximum atomic E-state index is 4.91. The summed E-state index contributed by atoms with van der Waals surface area (Å²) in [6.07, 6.45) is 2.95. The highest BCUT2D eigenvalue weighted by Gasteiger charge is 2.24. The molecule has 1 saturated heterocycles. The third-order valence-electron chi connectivity index (χ3n) is 5.73. The Morgan fingerprint density at radius 3 is 2.50 bits per heavy atom. The van der Waals surface area contributed by atoms with Crippen LogP contribution >= 0.6 is 0 Å². The van der Waals surface area contributed by atoms with Crippen LogP contribution in [0.5, 0.6) is 0 Å². The molecule has 28 heavy (non-hydrogen) atoms. The maximum absolute atomic E-state index is 4.91. The third-order valence-corrected chi connectivity index (χ3v) is 5.73. The number of rotatable bonds is 3. The molecule has 5 heteroatoms. The lowest BCUT2D eigenvalue weighted by Gasteiger charge is -2.37. The van der Waals surface area contributed by atoms with Crippen LogP contribution in [0.4, 0.5) is 23.1 Å². The van der Waals surface area contributed by atoms with Crippen molar-refractivity contribution in [3.8, 4) is 0 Å². The van der Waals surface area contributed by atoms with E-state index in [9.17, 15) is 0 Å². The monoisotopic (exact) mass is 371 g/mol. The second-order valence-corrected chi connectivity index (χ2v) is 7.56. The van der Waals surface area contributed by atoms with Gasteiger partial charge in [0.05, 0.1) is 0 Å². The third kappa shape index (κ3) is 3.17. The lowest BCUT2D eigenvalue weighted by atomic mass is 10.2. The van der Waals surface area contributed by atoms with Gasteiger partial charge in [-0.3, -0.25) is 0 Å². The van der Waals surface area contributed by atoms with Crippen molar-refractivity contribution in [3.63, 3.8) is 0 Å². The summed E-state index contributed by atoms with van der Waals surface area (Å²) < 4.78 is 0. The van der Waals surface area contributed by atoms with Crippen molar-refractivity contribution in [2.24, 2.45) is 0 Å². The molecule has 0 saturated carbocycles. The standard InChI is InChI=1S/C23H25N5/c1-18-5-4-7-20(17-18)26-13-15-27(16-14-26)22-9-11-24-23(25-22)28-12-10-19-6-2-3-8-21(19)28/h2-9,11,17H,10,12-16H2,1H3. The molecule has 1 fully saturated rings. The molecule has 3 heterocycles. The Kier molecular flexibility index (Phi) is 4.35. The number of piperazine rings is 1. The minimum absolute atomic E-state index is 0.809. The van der Waals surface area contributed by atoms with E-state index in [1.807, 2.05) is 12.3 Å². The largest absolute Gasteiger partial charge is 0.368 e. The smallest absolute Gasteiger partial charge is 0.231 e. The Bertz CT molecular complexity index is 978. The zero-order chi connectivity index (χ0) is 18.9. The van der Waals surface area contributed by atoms with Crippen molar-refractivity contribution in [2.45, 2.75) is 13.3 Å². The number of aromatic nitrogens is 2. The van der Waals surface area contributed by atoms with Gasteiger partial charge in [-0.2, -0.15) is 4.98 Å². The van der Waals surface area contributed by atoms with Crippen LogP contribution in [-0.2, 0) is 6.42 Å². The molecule has 3 aromatic rings. The van der Waals surface area contributed by atoms with Crippen molar-refractivity contribution < 1.29 is 0 Å². The van der Waals surface area contributed by atoms with E-state index in [4.69, 9.17) is 4.98 Å². The summed E-state index contributed by atoms with van der Waals surface area (Å²) in [6, 6.07) is 19.4. The topological polar surface area (TPSA) is 35.5 Å². The van der Waals surface area contributed by atoms with Gasteiger partial charge < -0.3 is 14.7 Å². The van der Waals surface area contributed by atoms with Gasteiger partial charge in [0.1, 0.15) is 5.82 Å². The van der Waals surface area contributed by atoms with Crippen LogP contribution < -0.4 is 14.7 Å². The molecule has 5 nitrogen and oxygen atoms in total. The van der Waals surface area contributed by atoms with E-state index in [-0.39, 0.29) is 0 Å². The number of hydrogen-bond acceptors (Lipinski definition) is 5. The van der Waals surface area contributed by atoms with E-state index < -0.39 is 0 Å². The van der Waals surface area contributed by atoms with E-state index in [2.05, 4.69) is 75.1 Å². The number of benzene rings is 2. The zero-order valence-corrected chi connectivity index (χ0v) is 16.3. The molecule has 1 aromatic heterocycles. The molecule has 0 unspecified atom stereocenters. The molecule has 0 atom stereocenters. The molecule has 142 valence electrons. The highest BCUT2D eigenvalue weighted by Crippen LogP contribution is 2.33. The summed E-state index contributed by atoms with van der Waals surface area (Å²) in [4.78, 5) is 16.5. The minimum Gasteiger partial charge on any atom is -0.368 e. The Morgan fingerprint density at radius 2 is 1.64 bits per heavy atom. The normalized spacial score (nSPS) is 16.4. The molecular weight excluding hydrogens is 346 g/mol. The molecule has 0 amide bonds. The number of anilines is 4. The van der Waals surface area contributed by atoms with Gasteiger partial charge in [0.2, 0.25) is 5.95 Å². The van der Waals surface area contributed by atoms with Gasteiger partial charge in [0.15, 0.2) is 0 Å². The molecule has 0 N–H and O–H groups in total. The van der Waals surface area contributed by atoms with Gasteiger partial charge >= 0.3 is 0 Å². The fourth-order valence-corrected chi connectivity index (χ4v) is 4.21. The molecule has 0 bridgehead atoms. The average molecular weight is 371 g/mol. The highest BCUT2D eigenvalue weighted by molar-refractivity contribution is 5.66. The quantitative estimate of drug-likeness (QED) is 0.700. The van der Waals surface area contributed by atoms with Crippen molar-refractivity contribution in [3.05, 3.63) is 71.9 Å². The van der Waals surface area contributed by atoms with Crippen LogP contribution in [0, 0.1) is 6.92 Å². The molecule has 5 rings (SSSR count). The van der Waals surface area contributed by atoms with E-state index in [1.54, 1.807) is 0 Å². The summed E-state index contributed by atoms with van der Waals surface area (Å²) in [5, 5.41) is 0. The number of para-hydroxylation sites is 1. The van der Waals surface area contributed by atoms with Crippen molar-refractivity contribution >= 4 is 23.1 Å².